The molecule has 1 saturated heterocycles. The minimum atomic E-state index is -0.796. The Hall–Kier alpha value is -1.06. The zero-order valence-corrected chi connectivity index (χ0v) is 8.99. The molecule has 0 unspecified atom stereocenters. The van der Waals surface area contributed by atoms with Crippen LogP contribution in [0.1, 0.15) is 24.0 Å². The molecule has 0 aromatic heterocycles. The molecule has 1 aliphatic rings. The first-order valence-corrected chi connectivity index (χ1v) is 5.28. The smallest absolute Gasteiger partial charge is 0.0960 e. The molecule has 3 heteroatoms. The van der Waals surface area contributed by atoms with Crippen LogP contribution in [0.4, 0.5) is 5.69 Å². The van der Waals surface area contributed by atoms with Gasteiger partial charge in [0.25, 0.3) is 0 Å². The van der Waals surface area contributed by atoms with E-state index in [0.29, 0.717) is 31.7 Å². The largest absolute Gasteiger partial charge is 0.398 e. The highest BCUT2D eigenvalue weighted by molar-refractivity contribution is 5.52. The number of hydrogen-bond donors (Lipinski definition) is 2. The number of nitrogens with two attached hydrogens (primary N) is 1. The zero-order valence-electron chi connectivity index (χ0n) is 8.99. The van der Waals surface area contributed by atoms with Gasteiger partial charge in [-0.2, -0.15) is 0 Å². The Morgan fingerprint density at radius 1 is 1.33 bits per heavy atom. The molecule has 15 heavy (non-hydrogen) atoms. The van der Waals surface area contributed by atoms with Gasteiger partial charge in [-0.1, -0.05) is 12.1 Å². The van der Waals surface area contributed by atoms with Gasteiger partial charge in [0.1, 0.15) is 0 Å². The summed E-state index contributed by atoms with van der Waals surface area (Å²) in [5.41, 5.74) is 7.78. The van der Waals surface area contributed by atoms with Crippen molar-refractivity contribution in [3.8, 4) is 0 Å². The number of hydrogen-bond acceptors (Lipinski definition) is 3. The Kier molecular flexibility index (Phi) is 2.67. The predicted molar refractivity (Wildman–Crippen MR) is 59.5 cm³/mol. The maximum Gasteiger partial charge on any atom is 0.0960 e. The highest BCUT2D eigenvalue weighted by atomic mass is 16.5. The van der Waals surface area contributed by atoms with Crippen LogP contribution in [0.3, 0.4) is 0 Å². The van der Waals surface area contributed by atoms with Crippen LogP contribution < -0.4 is 5.73 Å². The molecule has 0 saturated carbocycles. The molecule has 0 radical (unpaired) electrons. The van der Waals surface area contributed by atoms with Crippen LogP contribution in [0.25, 0.3) is 0 Å². The van der Waals surface area contributed by atoms with Gasteiger partial charge in [0.15, 0.2) is 0 Å². The fourth-order valence-corrected chi connectivity index (χ4v) is 2.08. The van der Waals surface area contributed by atoms with Crippen molar-refractivity contribution in [2.24, 2.45) is 0 Å². The van der Waals surface area contributed by atoms with Crippen LogP contribution in [-0.2, 0) is 10.3 Å². The third-order valence-electron chi connectivity index (χ3n) is 3.03. The van der Waals surface area contributed by atoms with Gasteiger partial charge < -0.3 is 15.6 Å². The van der Waals surface area contributed by atoms with E-state index >= 15 is 0 Å². The SMILES string of the molecule is Cc1ccc(C2(O)CCOCC2)c(N)c1. The molecule has 3 N–H and O–H groups in total. The minimum Gasteiger partial charge on any atom is -0.398 e. The number of nitrogen functional groups attached to an aromatic ring is 1. The number of aryl methyl sites for hydroxylation is 1. The molecule has 0 amide bonds. The van der Waals surface area contributed by atoms with Gasteiger partial charge in [0, 0.05) is 37.3 Å². The summed E-state index contributed by atoms with van der Waals surface area (Å²) < 4.78 is 5.25. The van der Waals surface area contributed by atoms with E-state index in [9.17, 15) is 5.11 Å². The monoisotopic (exact) mass is 207 g/mol. The van der Waals surface area contributed by atoms with Gasteiger partial charge in [-0.25, -0.2) is 0 Å². The molecule has 82 valence electrons. The lowest BCUT2D eigenvalue weighted by Gasteiger charge is -2.33. The van der Waals surface area contributed by atoms with Crippen molar-refractivity contribution < 1.29 is 9.84 Å². The second-order valence-electron chi connectivity index (χ2n) is 4.23. The van der Waals surface area contributed by atoms with Gasteiger partial charge in [-0.3, -0.25) is 0 Å². The van der Waals surface area contributed by atoms with E-state index in [2.05, 4.69) is 0 Å². The van der Waals surface area contributed by atoms with E-state index in [1.165, 1.54) is 0 Å². The molecule has 1 aliphatic heterocycles. The summed E-state index contributed by atoms with van der Waals surface area (Å²) in [4.78, 5) is 0. The molecule has 3 nitrogen and oxygen atoms in total. The number of rotatable bonds is 1. The van der Waals surface area contributed by atoms with Crippen LogP contribution >= 0.6 is 0 Å². The Balaban J connectivity index is 2.35. The van der Waals surface area contributed by atoms with E-state index < -0.39 is 5.60 Å². The van der Waals surface area contributed by atoms with Crippen molar-refractivity contribution >= 4 is 5.69 Å². The van der Waals surface area contributed by atoms with Crippen LogP contribution in [0.5, 0.6) is 0 Å². The molecule has 0 bridgehead atoms. The normalized spacial score (nSPS) is 20.1. The summed E-state index contributed by atoms with van der Waals surface area (Å²) in [6.45, 7) is 3.20. The second-order valence-corrected chi connectivity index (χ2v) is 4.23. The molecule has 1 aromatic rings. The summed E-state index contributed by atoms with van der Waals surface area (Å²) in [6.07, 6.45) is 1.25. The highest BCUT2D eigenvalue weighted by Gasteiger charge is 2.33. The fraction of sp³-hybridized carbons (Fsp3) is 0.500. The first-order chi connectivity index (χ1) is 7.12. The van der Waals surface area contributed by atoms with E-state index in [0.717, 1.165) is 11.1 Å². The van der Waals surface area contributed by atoms with E-state index in [4.69, 9.17) is 10.5 Å². The van der Waals surface area contributed by atoms with Crippen molar-refractivity contribution in [2.75, 3.05) is 18.9 Å². The summed E-state index contributed by atoms with van der Waals surface area (Å²) in [5.74, 6) is 0. The Labute approximate surface area is 89.9 Å². The summed E-state index contributed by atoms with van der Waals surface area (Å²) in [5, 5.41) is 10.5. The van der Waals surface area contributed by atoms with Gasteiger partial charge in [-0.05, 0) is 18.6 Å². The van der Waals surface area contributed by atoms with Crippen LogP contribution in [-0.4, -0.2) is 18.3 Å². The lowest BCUT2D eigenvalue weighted by Crippen LogP contribution is -2.34. The first kappa shape index (κ1) is 10.5. The quantitative estimate of drug-likeness (QED) is 0.687. The highest BCUT2D eigenvalue weighted by Crippen LogP contribution is 2.35. The van der Waals surface area contributed by atoms with Gasteiger partial charge in [0.05, 0.1) is 5.60 Å². The summed E-state index contributed by atoms with van der Waals surface area (Å²) in [7, 11) is 0. The number of ether oxygens (including phenoxy) is 1. The minimum absolute atomic E-state index is 0.601. The first-order valence-electron chi connectivity index (χ1n) is 5.28. The average Bonchev–Trinajstić information content (AvgIpc) is 2.18. The Morgan fingerprint density at radius 3 is 2.60 bits per heavy atom. The molecule has 1 fully saturated rings. The lowest BCUT2D eigenvalue weighted by molar-refractivity contribution is -0.0674. The van der Waals surface area contributed by atoms with Crippen molar-refractivity contribution in [1.29, 1.82) is 0 Å². The van der Waals surface area contributed by atoms with Gasteiger partial charge >= 0.3 is 0 Å². The van der Waals surface area contributed by atoms with Crippen molar-refractivity contribution in [3.63, 3.8) is 0 Å². The zero-order chi connectivity index (χ0) is 10.9. The molecule has 1 heterocycles. The number of aliphatic hydroxyl groups is 1. The average molecular weight is 207 g/mol. The van der Waals surface area contributed by atoms with E-state index in [-0.39, 0.29) is 0 Å². The Morgan fingerprint density at radius 2 is 2.00 bits per heavy atom. The topological polar surface area (TPSA) is 55.5 Å². The standard InChI is InChI=1S/C12H17NO2/c1-9-2-3-10(11(13)8-9)12(14)4-6-15-7-5-12/h2-3,8,14H,4-7,13H2,1H3. The molecule has 1 aromatic carbocycles. The van der Waals surface area contributed by atoms with E-state index in [1.54, 1.807) is 0 Å². The molecule has 0 aliphatic carbocycles. The molecule has 0 atom stereocenters. The summed E-state index contributed by atoms with van der Waals surface area (Å²) >= 11 is 0. The van der Waals surface area contributed by atoms with Crippen LogP contribution in [0.2, 0.25) is 0 Å². The van der Waals surface area contributed by atoms with Gasteiger partial charge in [-0.15, -0.1) is 0 Å². The lowest BCUT2D eigenvalue weighted by atomic mass is 9.85. The number of anilines is 1. The van der Waals surface area contributed by atoms with Crippen LogP contribution in [0, 0.1) is 6.92 Å². The maximum absolute atomic E-state index is 10.5. The second kappa shape index (κ2) is 3.83. The molecule has 2 rings (SSSR count). The van der Waals surface area contributed by atoms with Crippen molar-refractivity contribution in [2.45, 2.75) is 25.4 Å². The van der Waals surface area contributed by atoms with Crippen molar-refractivity contribution in [3.05, 3.63) is 29.3 Å². The van der Waals surface area contributed by atoms with E-state index in [1.807, 2.05) is 25.1 Å². The third kappa shape index (κ3) is 1.98. The van der Waals surface area contributed by atoms with Crippen LogP contribution in [0.15, 0.2) is 18.2 Å². The third-order valence-corrected chi connectivity index (χ3v) is 3.03. The van der Waals surface area contributed by atoms with Gasteiger partial charge in [0.2, 0.25) is 0 Å². The molecule has 0 spiro atoms. The molecular weight excluding hydrogens is 190 g/mol. The number of benzene rings is 1. The Bertz CT molecular complexity index is 357. The molecular formula is C12H17NO2. The fourth-order valence-electron chi connectivity index (χ4n) is 2.08. The predicted octanol–water partition coefficient (Wildman–Crippen LogP) is 1.58. The maximum atomic E-state index is 10.5. The summed E-state index contributed by atoms with van der Waals surface area (Å²) in [6, 6.07) is 5.82. The van der Waals surface area contributed by atoms with Crippen molar-refractivity contribution in [1.82, 2.24) is 0 Å².